The van der Waals surface area contributed by atoms with Crippen molar-refractivity contribution in [3.05, 3.63) is 70.8 Å². The fourth-order valence-corrected chi connectivity index (χ4v) is 4.43. The van der Waals surface area contributed by atoms with Gasteiger partial charge >= 0.3 is 0 Å². The number of hydrogen-bond acceptors (Lipinski definition) is 1. The van der Waals surface area contributed by atoms with Crippen LogP contribution in [-0.2, 0) is 11.8 Å². The lowest BCUT2D eigenvalue weighted by Crippen LogP contribution is -2.55. The maximum Gasteiger partial charge on any atom is 0.0717 e. The average Bonchev–Trinajstić information content (AvgIpc) is 2.67. The van der Waals surface area contributed by atoms with Gasteiger partial charge in [-0.25, -0.2) is 0 Å². The van der Waals surface area contributed by atoms with Gasteiger partial charge in [0.15, 0.2) is 0 Å². The van der Waals surface area contributed by atoms with Crippen LogP contribution >= 0.6 is 0 Å². The van der Waals surface area contributed by atoms with E-state index >= 15 is 0 Å². The van der Waals surface area contributed by atoms with Gasteiger partial charge in [0.2, 0.25) is 0 Å². The van der Waals surface area contributed by atoms with Crippen LogP contribution in [0.5, 0.6) is 0 Å². The van der Waals surface area contributed by atoms with Gasteiger partial charge in [-0.15, -0.1) is 0 Å². The molecule has 0 amide bonds. The van der Waals surface area contributed by atoms with Gasteiger partial charge in [0.25, 0.3) is 0 Å². The first-order chi connectivity index (χ1) is 10.5. The van der Waals surface area contributed by atoms with Crippen molar-refractivity contribution in [3.63, 3.8) is 0 Å². The fourth-order valence-electron chi connectivity index (χ4n) is 4.43. The van der Waals surface area contributed by atoms with Crippen molar-refractivity contribution in [1.29, 1.82) is 0 Å². The van der Waals surface area contributed by atoms with Gasteiger partial charge in [0.1, 0.15) is 0 Å². The molecule has 0 saturated carbocycles. The van der Waals surface area contributed by atoms with Gasteiger partial charge < -0.3 is 4.90 Å². The van der Waals surface area contributed by atoms with Crippen LogP contribution in [0, 0.1) is 6.92 Å². The minimum atomic E-state index is 0.0267. The number of hydrogen-bond donors (Lipinski definition) is 0. The maximum absolute atomic E-state index is 2.49. The second-order valence-electron chi connectivity index (χ2n) is 7.34. The molecule has 0 radical (unpaired) electrons. The molecule has 2 aliphatic rings. The molecule has 22 heavy (non-hydrogen) atoms. The molecular weight excluding hydrogens is 266 g/mol. The largest absolute Gasteiger partial charge is 0.364 e. The Balaban J connectivity index is 1.89. The van der Waals surface area contributed by atoms with Gasteiger partial charge in [-0.1, -0.05) is 68.0 Å². The molecule has 1 aliphatic heterocycles. The fraction of sp³-hybridized carbons (Fsp3) is 0.333. The van der Waals surface area contributed by atoms with E-state index in [4.69, 9.17) is 0 Å². The monoisotopic (exact) mass is 289 g/mol. The Morgan fingerprint density at radius 1 is 1.05 bits per heavy atom. The Bertz CT molecular complexity index is 784. The zero-order valence-corrected chi connectivity index (χ0v) is 13.9. The van der Waals surface area contributed by atoms with E-state index in [0.717, 1.165) is 6.42 Å². The first kappa shape index (κ1) is 13.6. The van der Waals surface area contributed by atoms with Crippen LogP contribution in [0.4, 0.5) is 5.69 Å². The predicted octanol–water partition coefficient (Wildman–Crippen LogP) is 4.73. The molecule has 1 spiro atoms. The highest BCUT2D eigenvalue weighted by Gasteiger charge is 2.54. The van der Waals surface area contributed by atoms with Crippen LogP contribution in [0.15, 0.2) is 48.5 Å². The summed E-state index contributed by atoms with van der Waals surface area (Å²) in [6.07, 6.45) is 5.84. The van der Waals surface area contributed by atoms with E-state index in [1.165, 1.54) is 27.9 Å². The van der Waals surface area contributed by atoms with E-state index in [1.54, 1.807) is 0 Å². The average molecular weight is 289 g/mol. The van der Waals surface area contributed by atoms with Crippen LogP contribution < -0.4 is 4.90 Å². The van der Waals surface area contributed by atoms with Gasteiger partial charge in [-0.05, 0) is 29.7 Å². The molecule has 1 heteroatoms. The topological polar surface area (TPSA) is 3.24 Å². The van der Waals surface area contributed by atoms with E-state index in [9.17, 15) is 0 Å². The smallest absolute Gasteiger partial charge is 0.0717 e. The summed E-state index contributed by atoms with van der Waals surface area (Å²) in [5, 5.41) is 0. The third-order valence-corrected chi connectivity index (χ3v) is 5.92. The summed E-state index contributed by atoms with van der Waals surface area (Å²) in [7, 11) is 2.25. The molecule has 0 fully saturated rings. The van der Waals surface area contributed by atoms with Crippen LogP contribution in [0.3, 0.4) is 0 Å². The number of likely N-dealkylation sites (N-methyl/N-ethyl adjacent to an activating group) is 1. The minimum Gasteiger partial charge on any atom is -0.364 e. The zero-order valence-electron chi connectivity index (χ0n) is 13.9. The van der Waals surface area contributed by atoms with Crippen LogP contribution in [-0.4, -0.2) is 12.6 Å². The lowest BCUT2D eigenvalue weighted by Gasteiger charge is -2.46. The van der Waals surface area contributed by atoms with Gasteiger partial charge in [-0.3, -0.25) is 0 Å². The van der Waals surface area contributed by atoms with E-state index < -0.39 is 0 Å². The van der Waals surface area contributed by atoms with Crippen molar-refractivity contribution >= 4 is 11.8 Å². The number of benzene rings is 2. The first-order valence-corrected chi connectivity index (χ1v) is 8.08. The number of para-hydroxylation sites is 1. The standard InChI is InChI=1S/C21H23N/c1-15-9-10-17-14-21(12-11-16(17)13-15)20(2,3)18-7-5-6-8-19(18)22(21)4/h5-13H,14H2,1-4H3. The third-order valence-electron chi connectivity index (χ3n) is 5.92. The molecule has 1 atom stereocenters. The number of fused-ring (bicyclic) bond motifs is 2. The summed E-state index contributed by atoms with van der Waals surface area (Å²) in [6.45, 7) is 6.94. The van der Waals surface area contributed by atoms with Crippen molar-refractivity contribution in [2.75, 3.05) is 11.9 Å². The zero-order chi connectivity index (χ0) is 15.5. The molecule has 0 saturated heterocycles. The molecule has 2 aromatic rings. The SMILES string of the molecule is Cc1ccc2c(c1)C=CC1(C2)N(C)c2ccccc2C1(C)C. The Kier molecular flexibility index (Phi) is 2.64. The van der Waals surface area contributed by atoms with Crippen LogP contribution in [0.2, 0.25) is 0 Å². The minimum absolute atomic E-state index is 0.0267. The Hall–Kier alpha value is -2.02. The summed E-state index contributed by atoms with van der Waals surface area (Å²) in [5.41, 5.74) is 7.12. The normalized spacial score (nSPS) is 24.5. The second kappa shape index (κ2) is 4.25. The van der Waals surface area contributed by atoms with Gasteiger partial charge in [-0.2, -0.15) is 0 Å². The molecule has 1 unspecified atom stereocenters. The summed E-state index contributed by atoms with van der Waals surface area (Å²) in [4.78, 5) is 2.49. The van der Waals surface area contributed by atoms with E-state index in [0.29, 0.717) is 0 Å². The highest BCUT2D eigenvalue weighted by molar-refractivity contribution is 5.73. The number of aryl methyl sites for hydroxylation is 1. The first-order valence-electron chi connectivity index (χ1n) is 8.08. The Labute approximate surface area is 133 Å². The van der Waals surface area contributed by atoms with Crippen molar-refractivity contribution < 1.29 is 0 Å². The second-order valence-corrected chi connectivity index (χ2v) is 7.34. The predicted molar refractivity (Wildman–Crippen MR) is 94.5 cm³/mol. The molecule has 4 rings (SSSR count). The molecule has 112 valence electrons. The number of nitrogens with zero attached hydrogens (tertiary/aromatic N) is 1. The molecule has 0 aromatic heterocycles. The Morgan fingerprint density at radius 3 is 2.59 bits per heavy atom. The number of rotatable bonds is 0. The van der Waals surface area contributed by atoms with Crippen LogP contribution in [0.1, 0.15) is 36.1 Å². The third kappa shape index (κ3) is 1.54. The molecule has 0 bridgehead atoms. The quantitative estimate of drug-likeness (QED) is 0.677. The molecule has 1 aliphatic carbocycles. The highest BCUT2D eigenvalue weighted by atomic mass is 15.2. The van der Waals surface area contributed by atoms with Crippen molar-refractivity contribution in [3.8, 4) is 0 Å². The van der Waals surface area contributed by atoms with Crippen molar-refractivity contribution in [2.24, 2.45) is 0 Å². The molecular formula is C21H23N. The molecule has 0 N–H and O–H groups in total. The molecule has 1 nitrogen and oxygen atoms in total. The van der Waals surface area contributed by atoms with Gasteiger partial charge in [0, 0.05) is 24.6 Å². The lowest BCUT2D eigenvalue weighted by atomic mass is 9.65. The summed E-state index contributed by atoms with van der Waals surface area (Å²) in [5.74, 6) is 0. The van der Waals surface area contributed by atoms with Crippen molar-refractivity contribution in [1.82, 2.24) is 0 Å². The van der Waals surface area contributed by atoms with Gasteiger partial charge in [0.05, 0.1) is 5.54 Å². The van der Waals surface area contributed by atoms with E-state index in [2.05, 4.69) is 87.3 Å². The molecule has 2 aromatic carbocycles. The van der Waals surface area contributed by atoms with Crippen LogP contribution in [0.25, 0.3) is 6.08 Å². The highest BCUT2D eigenvalue weighted by Crippen LogP contribution is 2.54. The summed E-state index contributed by atoms with van der Waals surface area (Å²) in [6, 6.07) is 15.7. The lowest BCUT2D eigenvalue weighted by molar-refractivity contribution is 0.330. The summed E-state index contributed by atoms with van der Waals surface area (Å²) >= 11 is 0. The molecule has 1 heterocycles. The summed E-state index contributed by atoms with van der Waals surface area (Å²) < 4.78 is 0. The van der Waals surface area contributed by atoms with E-state index in [1.807, 2.05) is 0 Å². The van der Waals surface area contributed by atoms with Crippen molar-refractivity contribution in [2.45, 2.75) is 38.1 Å². The van der Waals surface area contributed by atoms with E-state index in [-0.39, 0.29) is 11.0 Å². The number of anilines is 1. The maximum atomic E-state index is 2.49. The Morgan fingerprint density at radius 2 is 1.82 bits per heavy atom.